The maximum Gasteiger partial charge on any atom is 0.0708 e. The van der Waals surface area contributed by atoms with Crippen molar-refractivity contribution in [1.29, 1.82) is 0 Å². The average molecular weight is 743 g/mol. The summed E-state index contributed by atoms with van der Waals surface area (Å²) >= 11 is 0. The van der Waals surface area contributed by atoms with Crippen LogP contribution in [0.1, 0.15) is 11.1 Å². The Morgan fingerprint density at radius 1 is 0.328 bits per heavy atom. The lowest BCUT2D eigenvalue weighted by Gasteiger charge is -2.14. The fourth-order valence-electron chi connectivity index (χ4n) is 8.90. The van der Waals surface area contributed by atoms with Gasteiger partial charge in [0.05, 0.1) is 33.5 Å². The van der Waals surface area contributed by atoms with E-state index >= 15 is 0 Å². The molecule has 0 N–H and O–H groups in total. The molecule has 0 saturated heterocycles. The van der Waals surface area contributed by atoms with Crippen molar-refractivity contribution < 1.29 is 0 Å². The number of hydrogen-bond donors (Lipinski definition) is 0. The Hall–Kier alpha value is -7.56. The van der Waals surface area contributed by atoms with Gasteiger partial charge in [-0.05, 0) is 127 Å². The third-order valence-electron chi connectivity index (χ3n) is 11.5. The molecule has 4 heteroatoms. The number of nitrogens with zero attached hydrogens (tertiary/aromatic N) is 4. The van der Waals surface area contributed by atoms with E-state index in [1.807, 2.05) is 24.5 Å². The highest BCUT2D eigenvalue weighted by atomic mass is 15.0. The summed E-state index contributed by atoms with van der Waals surface area (Å²) in [5.41, 5.74) is 18.3. The van der Waals surface area contributed by atoms with E-state index in [0.29, 0.717) is 0 Å². The van der Waals surface area contributed by atoms with E-state index in [2.05, 4.69) is 193 Å². The zero-order valence-corrected chi connectivity index (χ0v) is 32.3. The summed E-state index contributed by atoms with van der Waals surface area (Å²) in [6.45, 7) is 4.35. The second-order valence-electron chi connectivity index (χ2n) is 15.2. The predicted octanol–water partition coefficient (Wildman–Crippen LogP) is 14.0. The second-order valence-corrected chi connectivity index (χ2v) is 15.2. The molecular weight excluding hydrogens is 705 g/mol. The maximum absolute atomic E-state index is 4.70. The van der Waals surface area contributed by atoms with Crippen LogP contribution in [-0.4, -0.2) is 19.1 Å². The highest BCUT2D eigenvalue weighted by molar-refractivity contribution is 6.12. The van der Waals surface area contributed by atoms with Crippen LogP contribution in [0, 0.1) is 13.8 Å². The number of rotatable bonds is 6. The lowest BCUT2D eigenvalue weighted by Crippen LogP contribution is -1.98. The number of fused-ring (bicyclic) bond motifs is 6. The van der Waals surface area contributed by atoms with Gasteiger partial charge in [0.15, 0.2) is 0 Å². The van der Waals surface area contributed by atoms with Crippen LogP contribution in [-0.2, 0) is 0 Å². The molecule has 0 spiro atoms. The van der Waals surface area contributed by atoms with Crippen LogP contribution in [0.5, 0.6) is 0 Å². The lowest BCUT2D eigenvalue weighted by atomic mass is 9.96. The summed E-state index contributed by atoms with van der Waals surface area (Å²) in [6.07, 6.45) is 3.73. The van der Waals surface area contributed by atoms with Gasteiger partial charge in [-0.3, -0.25) is 9.97 Å². The largest absolute Gasteiger partial charge is 0.309 e. The summed E-state index contributed by atoms with van der Waals surface area (Å²) in [5.74, 6) is 0. The van der Waals surface area contributed by atoms with Crippen LogP contribution in [0.2, 0.25) is 0 Å². The van der Waals surface area contributed by atoms with E-state index in [1.165, 1.54) is 77.0 Å². The highest BCUT2D eigenvalue weighted by Gasteiger charge is 2.19. The number of aryl methyl sites for hydroxylation is 2. The molecule has 0 radical (unpaired) electrons. The zero-order valence-electron chi connectivity index (χ0n) is 32.3. The molecule has 0 bridgehead atoms. The normalized spacial score (nSPS) is 11.6. The summed E-state index contributed by atoms with van der Waals surface area (Å²) in [6, 6.07) is 65.8. The number of hydrogen-bond acceptors (Lipinski definition) is 2. The second kappa shape index (κ2) is 13.6. The highest BCUT2D eigenvalue weighted by Crippen LogP contribution is 2.41. The molecule has 58 heavy (non-hydrogen) atoms. The maximum atomic E-state index is 4.70. The Bertz CT molecular complexity index is 3130. The zero-order chi connectivity index (χ0) is 38.7. The fraction of sp³-hybridized carbons (Fsp3) is 0.0370. The van der Waals surface area contributed by atoms with Crippen LogP contribution in [0.4, 0.5) is 0 Å². The molecule has 4 aromatic heterocycles. The first-order valence-corrected chi connectivity index (χ1v) is 19.8. The van der Waals surface area contributed by atoms with Crippen molar-refractivity contribution in [3.63, 3.8) is 0 Å². The molecule has 0 saturated carbocycles. The van der Waals surface area contributed by atoms with Gasteiger partial charge in [-0.2, -0.15) is 0 Å². The van der Waals surface area contributed by atoms with Gasteiger partial charge in [-0.25, -0.2) is 0 Å². The van der Waals surface area contributed by atoms with E-state index < -0.39 is 0 Å². The molecule has 4 nitrogen and oxygen atoms in total. The third-order valence-corrected chi connectivity index (χ3v) is 11.5. The first-order chi connectivity index (χ1) is 28.6. The molecule has 0 amide bonds. The molecule has 0 atom stereocenters. The van der Waals surface area contributed by atoms with Crippen molar-refractivity contribution in [1.82, 2.24) is 19.1 Å². The van der Waals surface area contributed by atoms with Crippen LogP contribution in [0.15, 0.2) is 194 Å². The summed E-state index contributed by atoms with van der Waals surface area (Å²) in [7, 11) is 0. The predicted molar refractivity (Wildman–Crippen MR) is 242 cm³/mol. The van der Waals surface area contributed by atoms with E-state index in [0.717, 1.165) is 33.9 Å². The molecule has 11 aromatic rings. The minimum Gasteiger partial charge on any atom is -0.309 e. The summed E-state index contributed by atoms with van der Waals surface area (Å²) in [4.78, 5) is 9.40. The Kier molecular flexibility index (Phi) is 7.90. The Labute approximate surface area is 337 Å². The van der Waals surface area contributed by atoms with Crippen molar-refractivity contribution in [3.8, 4) is 56.1 Å². The monoisotopic (exact) mass is 742 g/mol. The Morgan fingerprint density at radius 3 is 1.16 bits per heavy atom. The standard InChI is InChI=1S/C54H38N4/c1-35-20-24-51-45(30-35)47-32-37(41-14-3-5-16-43(41)49-18-7-9-28-55-49)22-26-53(47)57(51)39-12-11-13-40(34-39)58-52-25-21-36(2)31-46(52)48-33-38(23-27-54(48)58)42-15-4-6-17-44(42)50-19-8-10-29-56-50/h3-34H,1-2H3. The average Bonchev–Trinajstić information content (AvgIpc) is 3.78. The number of benzene rings is 7. The van der Waals surface area contributed by atoms with Crippen molar-refractivity contribution in [2.75, 3.05) is 0 Å². The molecule has 0 unspecified atom stereocenters. The van der Waals surface area contributed by atoms with Gasteiger partial charge in [0.25, 0.3) is 0 Å². The number of aromatic nitrogens is 4. The van der Waals surface area contributed by atoms with Gasteiger partial charge in [0.1, 0.15) is 0 Å². The van der Waals surface area contributed by atoms with Gasteiger partial charge in [0, 0.05) is 56.4 Å². The molecule has 0 aliphatic heterocycles. The SMILES string of the molecule is Cc1ccc2c(c1)c1cc(-c3ccccc3-c3ccccn3)ccc1n2-c1cccc(-n2c3ccc(C)cc3c3cc(-c4ccccc4-c4ccccn4)ccc32)c1. The van der Waals surface area contributed by atoms with Crippen LogP contribution in [0.3, 0.4) is 0 Å². The van der Waals surface area contributed by atoms with E-state index in [9.17, 15) is 0 Å². The Morgan fingerprint density at radius 2 is 0.724 bits per heavy atom. The molecule has 0 aliphatic rings. The first-order valence-electron chi connectivity index (χ1n) is 19.8. The first kappa shape index (κ1) is 33.8. The van der Waals surface area contributed by atoms with Crippen LogP contribution in [0.25, 0.3) is 99.8 Å². The van der Waals surface area contributed by atoms with Gasteiger partial charge in [-0.15, -0.1) is 0 Å². The van der Waals surface area contributed by atoms with Gasteiger partial charge in [0.2, 0.25) is 0 Å². The summed E-state index contributed by atoms with van der Waals surface area (Å²) < 4.78 is 4.85. The van der Waals surface area contributed by atoms with Gasteiger partial charge < -0.3 is 9.13 Å². The fourth-order valence-corrected chi connectivity index (χ4v) is 8.90. The summed E-state index contributed by atoms with van der Waals surface area (Å²) in [5, 5.41) is 4.93. The molecule has 4 heterocycles. The van der Waals surface area contributed by atoms with Crippen molar-refractivity contribution in [3.05, 3.63) is 206 Å². The molecule has 274 valence electrons. The molecule has 0 aliphatic carbocycles. The molecule has 11 rings (SSSR count). The lowest BCUT2D eigenvalue weighted by molar-refractivity contribution is 1.13. The molecule has 7 aromatic carbocycles. The minimum absolute atomic E-state index is 0.971. The Balaban J connectivity index is 1.08. The topological polar surface area (TPSA) is 35.6 Å². The minimum atomic E-state index is 0.971. The molecule has 0 fully saturated rings. The van der Waals surface area contributed by atoms with Crippen LogP contribution < -0.4 is 0 Å². The van der Waals surface area contributed by atoms with E-state index in [4.69, 9.17) is 9.97 Å². The van der Waals surface area contributed by atoms with Gasteiger partial charge in [-0.1, -0.05) is 102 Å². The van der Waals surface area contributed by atoms with Crippen molar-refractivity contribution >= 4 is 43.6 Å². The third kappa shape index (κ3) is 5.53. The van der Waals surface area contributed by atoms with E-state index in [1.54, 1.807) is 0 Å². The number of pyridine rings is 2. The quantitative estimate of drug-likeness (QED) is 0.170. The van der Waals surface area contributed by atoms with Crippen molar-refractivity contribution in [2.45, 2.75) is 13.8 Å². The smallest absolute Gasteiger partial charge is 0.0708 e. The van der Waals surface area contributed by atoms with Gasteiger partial charge >= 0.3 is 0 Å². The van der Waals surface area contributed by atoms with E-state index in [-0.39, 0.29) is 0 Å². The molecular formula is C54H38N4. The van der Waals surface area contributed by atoms with Crippen molar-refractivity contribution in [2.24, 2.45) is 0 Å². The van der Waals surface area contributed by atoms with Crippen LogP contribution >= 0.6 is 0 Å².